The van der Waals surface area contributed by atoms with E-state index in [1.807, 2.05) is 0 Å². The minimum Gasteiger partial charge on any atom is -0.367 e. The number of nitrogens with one attached hydrogen (secondary N) is 1. The van der Waals surface area contributed by atoms with Crippen molar-refractivity contribution in [3.63, 3.8) is 0 Å². The fourth-order valence-corrected chi connectivity index (χ4v) is 3.73. The van der Waals surface area contributed by atoms with Crippen molar-refractivity contribution >= 4 is 22.6 Å². The van der Waals surface area contributed by atoms with Crippen LogP contribution in [0.1, 0.15) is 33.3 Å². The Bertz CT molecular complexity index is 1430. The predicted molar refractivity (Wildman–Crippen MR) is 107 cm³/mol. The van der Waals surface area contributed by atoms with Crippen molar-refractivity contribution in [3.05, 3.63) is 46.8 Å². The Labute approximate surface area is 179 Å². The Kier molecular flexibility index (Phi) is 2.77. The average Bonchev–Trinajstić information content (AvgIpc) is 3.37. The van der Waals surface area contributed by atoms with Gasteiger partial charge in [0.2, 0.25) is 0 Å². The lowest BCUT2D eigenvalue weighted by Gasteiger charge is -2.31. The molecule has 29 heavy (non-hydrogen) atoms. The van der Waals surface area contributed by atoms with Gasteiger partial charge in [0.15, 0.2) is 5.65 Å². The SMILES string of the molecule is [2H]C([2H])([2H])C1(C([2H])([2H])[2H])Cn2nc(-c3ccc(F)cn3)c(-c3c(Cl)c(C)nc4[nH]ncc34)c2CO1. The second kappa shape index (κ2) is 6.33. The van der Waals surface area contributed by atoms with Crippen LogP contribution in [0.2, 0.25) is 5.02 Å². The second-order valence-corrected chi connectivity index (χ2v) is 7.20. The number of ether oxygens (including phenoxy) is 1. The molecule has 0 radical (unpaired) electrons. The van der Waals surface area contributed by atoms with Crippen LogP contribution in [-0.4, -0.2) is 35.5 Å². The first-order valence-electron chi connectivity index (χ1n) is 11.7. The number of hydrogen-bond acceptors (Lipinski definition) is 5. The van der Waals surface area contributed by atoms with E-state index >= 15 is 0 Å². The van der Waals surface area contributed by atoms with Crippen LogP contribution in [0.4, 0.5) is 4.39 Å². The van der Waals surface area contributed by atoms with Crippen LogP contribution in [0.5, 0.6) is 0 Å². The minimum absolute atomic E-state index is 0.255. The van der Waals surface area contributed by atoms with Gasteiger partial charge in [-0.05, 0) is 32.8 Å². The summed E-state index contributed by atoms with van der Waals surface area (Å²) in [5.41, 5.74) is 0.324. The molecular weight excluding hydrogens is 395 g/mol. The Morgan fingerprint density at radius 3 is 2.93 bits per heavy atom. The summed E-state index contributed by atoms with van der Waals surface area (Å²) >= 11 is 6.71. The molecule has 0 aromatic carbocycles. The van der Waals surface area contributed by atoms with E-state index < -0.39 is 31.7 Å². The van der Waals surface area contributed by atoms with Crippen LogP contribution in [0.15, 0.2) is 24.5 Å². The number of H-pyrrole nitrogens is 1. The molecule has 9 heteroatoms. The Morgan fingerprint density at radius 2 is 2.17 bits per heavy atom. The number of aromatic nitrogens is 6. The van der Waals surface area contributed by atoms with Crippen molar-refractivity contribution in [1.82, 2.24) is 29.9 Å². The van der Waals surface area contributed by atoms with Gasteiger partial charge in [-0.2, -0.15) is 10.2 Å². The van der Waals surface area contributed by atoms with Crippen molar-refractivity contribution in [2.75, 3.05) is 0 Å². The fourth-order valence-electron chi connectivity index (χ4n) is 3.49. The topological polar surface area (TPSA) is 81.5 Å². The van der Waals surface area contributed by atoms with Crippen molar-refractivity contribution in [1.29, 1.82) is 0 Å². The molecule has 0 amide bonds. The maximum atomic E-state index is 13.6. The van der Waals surface area contributed by atoms with Crippen molar-refractivity contribution < 1.29 is 17.4 Å². The molecule has 5 heterocycles. The van der Waals surface area contributed by atoms with Gasteiger partial charge in [0.05, 0.1) is 53.3 Å². The van der Waals surface area contributed by atoms with Crippen LogP contribution < -0.4 is 0 Å². The molecule has 1 aliphatic heterocycles. The third-order valence-corrected chi connectivity index (χ3v) is 5.27. The standard InChI is InChI=1S/C20H18ClFN6O/c1-10-17(21)15(12-7-24-26-19(12)25-10)16-14-8-29-20(2,3)9-28(14)27-18(16)13-5-4-11(22)6-23-13/h4-7H,8-9H2,1-3H3,(H,24,25,26)/i2D3,3D3. The molecule has 5 rings (SSSR count). The lowest BCUT2D eigenvalue weighted by Crippen LogP contribution is -2.36. The van der Waals surface area contributed by atoms with Gasteiger partial charge in [0, 0.05) is 24.7 Å². The molecule has 1 N–H and O–H groups in total. The molecule has 1 aliphatic rings. The van der Waals surface area contributed by atoms with E-state index in [0.29, 0.717) is 38.6 Å². The monoisotopic (exact) mass is 418 g/mol. The van der Waals surface area contributed by atoms with Gasteiger partial charge in [-0.25, -0.2) is 9.37 Å². The Morgan fingerprint density at radius 1 is 1.31 bits per heavy atom. The van der Waals surface area contributed by atoms with Crippen LogP contribution in [0.3, 0.4) is 0 Å². The number of rotatable bonds is 2. The highest BCUT2D eigenvalue weighted by Gasteiger charge is 2.33. The maximum Gasteiger partial charge on any atom is 0.156 e. The molecule has 0 bridgehead atoms. The first kappa shape index (κ1) is 12.7. The predicted octanol–water partition coefficient (Wildman–Crippen LogP) is 4.29. The summed E-state index contributed by atoms with van der Waals surface area (Å²) in [6.45, 7) is -5.18. The quantitative estimate of drug-likeness (QED) is 0.525. The molecule has 4 aromatic rings. The minimum atomic E-state index is -2.97. The summed E-state index contributed by atoms with van der Waals surface area (Å²) in [7, 11) is 0. The largest absolute Gasteiger partial charge is 0.367 e. The number of fused-ring (bicyclic) bond motifs is 2. The van der Waals surface area contributed by atoms with Crippen molar-refractivity contribution in [2.24, 2.45) is 0 Å². The summed E-state index contributed by atoms with van der Waals surface area (Å²) in [6, 6.07) is 2.63. The summed E-state index contributed by atoms with van der Waals surface area (Å²) in [4.78, 5) is 8.53. The van der Waals surface area contributed by atoms with Crippen LogP contribution in [0.25, 0.3) is 33.5 Å². The number of pyridine rings is 2. The number of hydrogen-bond donors (Lipinski definition) is 1. The highest BCUT2D eigenvalue weighted by atomic mass is 35.5. The van der Waals surface area contributed by atoms with E-state index in [0.717, 1.165) is 6.20 Å². The molecule has 0 fully saturated rings. The van der Waals surface area contributed by atoms with Gasteiger partial charge in [-0.1, -0.05) is 11.6 Å². The Hall–Kier alpha value is -2.84. The zero-order chi connectivity index (χ0) is 25.3. The average molecular weight is 419 g/mol. The molecule has 0 saturated heterocycles. The van der Waals surface area contributed by atoms with Crippen LogP contribution >= 0.6 is 11.6 Å². The van der Waals surface area contributed by atoms with Crippen LogP contribution in [-0.2, 0) is 17.9 Å². The van der Waals surface area contributed by atoms with Gasteiger partial charge in [0.1, 0.15) is 11.5 Å². The molecular formula is C20H18ClFN6O. The normalized spacial score (nSPS) is 19.6. The van der Waals surface area contributed by atoms with E-state index in [1.165, 1.54) is 23.0 Å². The molecule has 0 unspecified atom stereocenters. The van der Waals surface area contributed by atoms with Crippen molar-refractivity contribution in [2.45, 2.75) is 39.4 Å². The first-order valence-corrected chi connectivity index (χ1v) is 9.07. The van der Waals surface area contributed by atoms with Crippen LogP contribution in [0, 0.1) is 12.7 Å². The number of nitrogens with zero attached hydrogens (tertiary/aromatic N) is 5. The van der Waals surface area contributed by atoms with Crippen molar-refractivity contribution in [3.8, 4) is 22.5 Å². The zero-order valence-corrected chi connectivity index (χ0v) is 15.9. The van der Waals surface area contributed by atoms with E-state index in [9.17, 15) is 4.39 Å². The summed E-state index contributed by atoms with van der Waals surface area (Å²) in [5.74, 6) is -0.554. The third kappa shape index (κ3) is 2.90. The van der Waals surface area contributed by atoms with Gasteiger partial charge in [-0.3, -0.25) is 14.8 Å². The summed E-state index contributed by atoms with van der Waals surface area (Å²) < 4.78 is 68.3. The highest BCUT2D eigenvalue weighted by Crippen LogP contribution is 2.43. The van der Waals surface area contributed by atoms with E-state index in [2.05, 4.69) is 25.3 Å². The van der Waals surface area contributed by atoms with E-state index in [1.54, 1.807) is 6.92 Å². The van der Waals surface area contributed by atoms with Gasteiger partial charge >= 0.3 is 0 Å². The molecule has 0 aliphatic carbocycles. The zero-order valence-electron chi connectivity index (χ0n) is 21.1. The summed E-state index contributed by atoms with van der Waals surface area (Å²) in [5, 5.41) is 12.3. The molecule has 0 saturated carbocycles. The smallest absolute Gasteiger partial charge is 0.156 e. The molecule has 148 valence electrons. The number of halogens is 2. The van der Waals surface area contributed by atoms with Gasteiger partial charge in [0.25, 0.3) is 0 Å². The second-order valence-electron chi connectivity index (χ2n) is 6.82. The summed E-state index contributed by atoms with van der Waals surface area (Å²) in [6.07, 6.45) is 2.56. The lowest BCUT2D eigenvalue weighted by atomic mass is 9.97. The van der Waals surface area contributed by atoms with E-state index in [-0.39, 0.29) is 18.0 Å². The molecule has 0 atom stereocenters. The lowest BCUT2D eigenvalue weighted by molar-refractivity contribution is -0.0657. The van der Waals surface area contributed by atoms with Gasteiger partial charge < -0.3 is 4.74 Å². The maximum absolute atomic E-state index is 13.6. The fraction of sp³-hybridized carbons (Fsp3) is 0.300. The number of aryl methyl sites for hydroxylation is 1. The van der Waals surface area contributed by atoms with E-state index in [4.69, 9.17) is 24.6 Å². The van der Waals surface area contributed by atoms with Gasteiger partial charge in [-0.15, -0.1) is 0 Å². The molecule has 7 nitrogen and oxygen atoms in total. The Balaban J connectivity index is 1.82. The first-order chi connectivity index (χ1) is 16.3. The number of aromatic amines is 1. The molecule has 4 aromatic heterocycles. The highest BCUT2D eigenvalue weighted by molar-refractivity contribution is 6.35. The third-order valence-electron chi connectivity index (χ3n) is 4.81. The molecule has 0 spiro atoms.